The van der Waals surface area contributed by atoms with Gasteiger partial charge < -0.3 is 14.9 Å². The molecule has 0 spiro atoms. The number of hydrogen-bond acceptors (Lipinski definition) is 4. The van der Waals surface area contributed by atoms with E-state index >= 15 is 0 Å². The van der Waals surface area contributed by atoms with Crippen LogP contribution in [0.4, 0.5) is 0 Å². The molecule has 0 saturated heterocycles. The van der Waals surface area contributed by atoms with Gasteiger partial charge in [0.15, 0.2) is 0 Å². The van der Waals surface area contributed by atoms with Crippen LogP contribution in [0.3, 0.4) is 0 Å². The van der Waals surface area contributed by atoms with Gasteiger partial charge in [-0.3, -0.25) is 9.78 Å². The predicted octanol–water partition coefficient (Wildman–Crippen LogP) is 3.29. The number of amides is 1. The van der Waals surface area contributed by atoms with Crippen molar-refractivity contribution in [2.24, 2.45) is 0 Å². The summed E-state index contributed by atoms with van der Waals surface area (Å²) in [5.74, 6) is 0.183. The SMILES string of the molecule is CN(C)CCN(Cc1cccnc1)C(=O)c1ccc(O)c(C(C)(C)C)c1. The minimum Gasteiger partial charge on any atom is -0.508 e. The Bertz CT molecular complexity index is 737. The van der Waals surface area contributed by atoms with Crippen molar-refractivity contribution in [3.63, 3.8) is 0 Å². The van der Waals surface area contributed by atoms with Crippen molar-refractivity contribution in [3.05, 3.63) is 59.4 Å². The fourth-order valence-electron chi connectivity index (χ4n) is 2.74. The van der Waals surface area contributed by atoms with Crippen LogP contribution in [0.15, 0.2) is 42.7 Å². The number of carbonyl (C=O) groups is 1. The number of aromatic nitrogens is 1. The minimum atomic E-state index is -0.238. The van der Waals surface area contributed by atoms with E-state index in [1.807, 2.05) is 58.0 Å². The molecule has 26 heavy (non-hydrogen) atoms. The third-order valence-corrected chi connectivity index (χ3v) is 4.25. The summed E-state index contributed by atoms with van der Waals surface area (Å²) < 4.78 is 0. The van der Waals surface area contributed by atoms with Gasteiger partial charge in [-0.2, -0.15) is 0 Å². The monoisotopic (exact) mass is 355 g/mol. The van der Waals surface area contributed by atoms with E-state index in [0.717, 1.165) is 17.7 Å². The Morgan fingerprint density at radius 2 is 1.88 bits per heavy atom. The first-order valence-electron chi connectivity index (χ1n) is 8.85. The van der Waals surface area contributed by atoms with Gasteiger partial charge in [-0.25, -0.2) is 0 Å². The maximum atomic E-state index is 13.2. The number of benzene rings is 1. The molecule has 0 atom stereocenters. The van der Waals surface area contributed by atoms with E-state index in [4.69, 9.17) is 0 Å². The Labute approximate surface area is 156 Å². The van der Waals surface area contributed by atoms with Crippen LogP contribution in [0.1, 0.15) is 42.3 Å². The molecule has 1 amide bonds. The van der Waals surface area contributed by atoms with E-state index in [-0.39, 0.29) is 17.1 Å². The smallest absolute Gasteiger partial charge is 0.254 e. The Morgan fingerprint density at radius 3 is 2.46 bits per heavy atom. The predicted molar refractivity (Wildman–Crippen MR) is 104 cm³/mol. The van der Waals surface area contributed by atoms with Crippen LogP contribution >= 0.6 is 0 Å². The van der Waals surface area contributed by atoms with E-state index in [0.29, 0.717) is 18.7 Å². The number of pyridine rings is 1. The van der Waals surface area contributed by atoms with E-state index in [2.05, 4.69) is 9.88 Å². The van der Waals surface area contributed by atoms with Gasteiger partial charge in [-0.1, -0.05) is 26.8 Å². The Balaban J connectivity index is 2.30. The molecule has 2 rings (SSSR count). The molecule has 2 aromatic rings. The Morgan fingerprint density at radius 1 is 1.15 bits per heavy atom. The quantitative estimate of drug-likeness (QED) is 0.864. The molecule has 0 bridgehead atoms. The lowest BCUT2D eigenvalue weighted by atomic mass is 9.85. The number of hydrogen-bond donors (Lipinski definition) is 1. The molecule has 0 fully saturated rings. The molecule has 5 nitrogen and oxygen atoms in total. The molecule has 1 heterocycles. The largest absolute Gasteiger partial charge is 0.508 e. The Kier molecular flexibility index (Phi) is 6.37. The highest BCUT2D eigenvalue weighted by molar-refractivity contribution is 5.94. The first kappa shape index (κ1) is 19.9. The summed E-state index contributed by atoms with van der Waals surface area (Å²) in [7, 11) is 3.98. The number of phenolic OH excluding ortho intramolecular Hbond substituents is 1. The van der Waals surface area contributed by atoms with Gasteiger partial charge >= 0.3 is 0 Å². The molecule has 0 aliphatic heterocycles. The highest BCUT2D eigenvalue weighted by atomic mass is 16.3. The molecular weight excluding hydrogens is 326 g/mol. The first-order chi connectivity index (χ1) is 12.2. The van der Waals surface area contributed by atoms with Crippen molar-refractivity contribution in [3.8, 4) is 5.75 Å². The van der Waals surface area contributed by atoms with E-state index < -0.39 is 0 Å². The third-order valence-electron chi connectivity index (χ3n) is 4.25. The summed E-state index contributed by atoms with van der Waals surface area (Å²) in [4.78, 5) is 21.2. The number of rotatable bonds is 6. The van der Waals surface area contributed by atoms with Crippen molar-refractivity contribution < 1.29 is 9.90 Å². The van der Waals surface area contributed by atoms with Crippen LogP contribution in [0, 0.1) is 0 Å². The fourth-order valence-corrected chi connectivity index (χ4v) is 2.74. The van der Waals surface area contributed by atoms with Crippen molar-refractivity contribution in [2.45, 2.75) is 32.7 Å². The molecule has 140 valence electrons. The number of carbonyl (C=O) groups excluding carboxylic acids is 1. The molecule has 1 aromatic heterocycles. The summed E-state index contributed by atoms with van der Waals surface area (Å²) in [6.45, 7) is 7.97. The van der Waals surface area contributed by atoms with Crippen LogP contribution in [0.25, 0.3) is 0 Å². The molecule has 0 saturated carbocycles. The van der Waals surface area contributed by atoms with Crippen LogP contribution in [0.5, 0.6) is 5.75 Å². The highest BCUT2D eigenvalue weighted by Crippen LogP contribution is 2.31. The number of phenols is 1. The van der Waals surface area contributed by atoms with Crippen molar-refractivity contribution in [2.75, 3.05) is 27.2 Å². The topological polar surface area (TPSA) is 56.7 Å². The van der Waals surface area contributed by atoms with Crippen LogP contribution in [0.2, 0.25) is 0 Å². The Hall–Kier alpha value is -2.40. The van der Waals surface area contributed by atoms with E-state index in [1.165, 1.54) is 0 Å². The van der Waals surface area contributed by atoms with Gasteiger partial charge in [0.2, 0.25) is 0 Å². The molecule has 1 N–H and O–H groups in total. The summed E-state index contributed by atoms with van der Waals surface area (Å²) >= 11 is 0. The highest BCUT2D eigenvalue weighted by Gasteiger charge is 2.22. The molecule has 0 aliphatic rings. The summed E-state index contributed by atoms with van der Waals surface area (Å²) in [5, 5.41) is 10.2. The maximum Gasteiger partial charge on any atom is 0.254 e. The summed E-state index contributed by atoms with van der Waals surface area (Å²) in [6.07, 6.45) is 3.51. The lowest BCUT2D eigenvalue weighted by Gasteiger charge is -2.26. The van der Waals surface area contributed by atoms with Gasteiger partial charge in [0.25, 0.3) is 5.91 Å². The standard InChI is InChI=1S/C21H29N3O2/c1-21(2,3)18-13-17(8-9-19(18)25)20(26)24(12-11-23(4)5)15-16-7-6-10-22-14-16/h6-10,13-14,25H,11-12,15H2,1-5H3. The second-order valence-electron chi connectivity index (χ2n) is 7.87. The second-order valence-corrected chi connectivity index (χ2v) is 7.87. The van der Waals surface area contributed by atoms with Gasteiger partial charge in [0.1, 0.15) is 5.75 Å². The number of likely N-dealkylation sites (N-methyl/N-ethyl adjacent to an activating group) is 1. The molecule has 0 unspecified atom stereocenters. The molecule has 0 radical (unpaired) electrons. The fraction of sp³-hybridized carbons (Fsp3) is 0.429. The second kappa shape index (κ2) is 8.32. The zero-order chi connectivity index (χ0) is 19.3. The van der Waals surface area contributed by atoms with Gasteiger partial charge in [-0.05, 0) is 49.3 Å². The van der Waals surface area contributed by atoms with Crippen LogP contribution in [-0.2, 0) is 12.0 Å². The zero-order valence-electron chi connectivity index (χ0n) is 16.4. The van der Waals surface area contributed by atoms with Crippen LogP contribution in [-0.4, -0.2) is 53.0 Å². The zero-order valence-corrected chi connectivity index (χ0v) is 16.4. The number of nitrogens with zero attached hydrogens (tertiary/aromatic N) is 3. The van der Waals surface area contributed by atoms with Gasteiger partial charge in [0.05, 0.1) is 0 Å². The molecular formula is C21H29N3O2. The lowest BCUT2D eigenvalue weighted by Crippen LogP contribution is -2.36. The average molecular weight is 355 g/mol. The first-order valence-corrected chi connectivity index (χ1v) is 8.85. The minimum absolute atomic E-state index is 0.0406. The maximum absolute atomic E-state index is 13.2. The number of aromatic hydroxyl groups is 1. The van der Waals surface area contributed by atoms with Gasteiger partial charge in [-0.15, -0.1) is 0 Å². The van der Waals surface area contributed by atoms with Crippen LogP contribution < -0.4 is 0 Å². The van der Waals surface area contributed by atoms with Crippen molar-refractivity contribution >= 4 is 5.91 Å². The van der Waals surface area contributed by atoms with Crippen molar-refractivity contribution in [1.29, 1.82) is 0 Å². The summed E-state index contributed by atoms with van der Waals surface area (Å²) in [5.41, 5.74) is 2.13. The van der Waals surface area contributed by atoms with Crippen molar-refractivity contribution in [1.82, 2.24) is 14.8 Å². The average Bonchev–Trinajstić information content (AvgIpc) is 2.58. The normalized spacial score (nSPS) is 11.6. The third kappa shape index (κ3) is 5.30. The summed E-state index contributed by atoms with van der Waals surface area (Å²) in [6, 6.07) is 8.97. The molecule has 5 heteroatoms. The lowest BCUT2D eigenvalue weighted by molar-refractivity contribution is 0.0731. The molecule has 0 aliphatic carbocycles. The van der Waals surface area contributed by atoms with Gasteiger partial charge in [0, 0.05) is 43.2 Å². The van der Waals surface area contributed by atoms with E-state index in [1.54, 1.807) is 24.5 Å². The van der Waals surface area contributed by atoms with E-state index in [9.17, 15) is 9.90 Å². The molecule has 1 aromatic carbocycles.